The lowest BCUT2D eigenvalue weighted by molar-refractivity contribution is 0.0601. The summed E-state index contributed by atoms with van der Waals surface area (Å²) in [6.07, 6.45) is 0. The molecule has 2 N–H and O–H groups in total. The zero-order chi connectivity index (χ0) is 10.7. The van der Waals surface area contributed by atoms with Crippen molar-refractivity contribution in [3.8, 4) is 0 Å². The summed E-state index contributed by atoms with van der Waals surface area (Å²) in [5, 5.41) is 18.0. The van der Waals surface area contributed by atoms with Gasteiger partial charge >= 0.3 is 13.1 Å². The molecule has 0 aliphatic carbocycles. The van der Waals surface area contributed by atoms with Crippen LogP contribution in [0.5, 0.6) is 0 Å². The van der Waals surface area contributed by atoms with Gasteiger partial charge in [0, 0.05) is 4.47 Å². The Morgan fingerprint density at radius 1 is 1.50 bits per heavy atom. The maximum Gasteiger partial charge on any atom is 0.489 e. The second kappa shape index (κ2) is 4.59. The molecule has 1 aromatic carbocycles. The molecule has 0 atom stereocenters. The molecule has 0 aliphatic heterocycles. The molecule has 0 spiro atoms. The Bertz CT molecular complexity index is 353. The summed E-state index contributed by atoms with van der Waals surface area (Å²) in [6, 6.07) is 4.54. The van der Waals surface area contributed by atoms with Crippen LogP contribution in [0.1, 0.15) is 10.4 Å². The van der Waals surface area contributed by atoms with Gasteiger partial charge in [-0.05, 0) is 23.7 Å². The van der Waals surface area contributed by atoms with Crippen molar-refractivity contribution in [2.75, 3.05) is 7.11 Å². The summed E-state index contributed by atoms with van der Waals surface area (Å²) < 4.78 is 5.15. The number of rotatable bonds is 2. The van der Waals surface area contributed by atoms with Crippen molar-refractivity contribution < 1.29 is 19.6 Å². The van der Waals surface area contributed by atoms with Gasteiger partial charge in [-0.3, -0.25) is 0 Å². The Hall–Kier alpha value is -0.845. The van der Waals surface area contributed by atoms with Gasteiger partial charge in [-0.1, -0.05) is 15.9 Å². The number of carbonyl (C=O) groups excluding carboxylic acids is 1. The van der Waals surface area contributed by atoms with Gasteiger partial charge in [0.1, 0.15) is 0 Å². The van der Waals surface area contributed by atoms with E-state index in [-0.39, 0.29) is 11.0 Å². The molecule has 0 bridgehead atoms. The Morgan fingerprint density at radius 3 is 2.64 bits per heavy atom. The summed E-state index contributed by atoms with van der Waals surface area (Å²) >= 11 is 3.16. The van der Waals surface area contributed by atoms with E-state index < -0.39 is 13.1 Å². The Balaban J connectivity index is 3.21. The number of carbonyl (C=O) groups is 1. The lowest BCUT2D eigenvalue weighted by Gasteiger charge is -2.06. The number of hydrogen-bond donors (Lipinski definition) is 2. The third kappa shape index (κ3) is 2.34. The summed E-state index contributed by atoms with van der Waals surface area (Å²) in [6.45, 7) is 0. The monoisotopic (exact) mass is 258 g/mol. The molecule has 0 fully saturated rings. The van der Waals surface area contributed by atoms with Crippen LogP contribution >= 0.6 is 15.9 Å². The third-order valence-corrected chi connectivity index (χ3v) is 2.19. The largest absolute Gasteiger partial charge is 0.489 e. The predicted molar refractivity (Wildman–Crippen MR) is 55.3 cm³/mol. The molecule has 14 heavy (non-hydrogen) atoms. The lowest BCUT2D eigenvalue weighted by atomic mass is 9.77. The van der Waals surface area contributed by atoms with Gasteiger partial charge in [-0.2, -0.15) is 0 Å². The fourth-order valence-electron chi connectivity index (χ4n) is 1.04. The van der Waals surface area contributed by atoms with E-state index in [1.807, 2.05) is 0 Å². The predicted octanol–water partition coefficient (Wildman–Crippen LogP) is -0.0845. The minimum Gasteiger partial charge on any atom is -0.465 e. The molecule has 0 amide bonds. The van der Waals surface area contributed by atoms with Crippen LogP contribution < -0.4 is 5.46 Å². The van der Waals surface area contributed by atoms with Crippen molar-refractivity contribution in [1.29, 1.82) is 0 Å². The topological polar surface area (TPSA) is 66.8 Å². The molecule has 0 heterocycles. The van der Waals surface area contributed by atoms with Crippen molar-refractivity contribution in [3.05, 3.63) is 28.2 Å². The van der Waals surface area contributed by atoms with Gasteiger partial charge in [0.25, 0.3) is 0 Å². The van der Waals surface area contributed by atoms with E-state index in [1.165, 1.54) is 19.2 Å². The van der Waals surface area contributed by atoms with Gasteiger partial charge in [-0.25, -0.2) is 4.79 Å². The van der Waals surface area contributed by atoms with Crippen LogP contribution in [0.15, 0.2) is 22.7 Å². The van der Waals surface area contributed by atoms with E-state index in [4.69, 9.17) is 10.0 Å². The highest BCUT2D eigenvalue weighted by Gasteiger charge is 2.20. The first kappa shape index (κ1) is 11.2. The van der Waals surface area contributed by atoms with E-state index in [0.29, 0.717) is 4.47 Å². The Morgan fingerprint density at radius 2 is 2.14 bits per heavy atom. The maximum absolute atomic E-state index is 11.2. The molecule has 1 rings (SSSR count). The van der Waals surface area contributed by atoms with Crippen LogP contribution in [-0.2, 0) is 4.74 Å². The highest BCUT2D eigenvalue weighted by molar-refractivity contribution is 9.10. The molecule has 0 radical (unpaired) electrons. The van der Waals surface area contributed by atoms with Crippen molar-refractivity contribution in [1.82, 2.24) is 0 Å². The molecule has 0 aromatic heterocycles. The number of halogens is 1. The zero-order valence-corrected chi connectivity index (χ0v) is 8.98. The minimum absolute atomic E-state index is 0.117. The zero-order valence-electron chi connectivity index (χ0n) is 7.40. The summed E-state index contributed by atoms with van der Waals surface area (Å²) in [5.41, 5.74) is 0.261. The highest BCUT2D eigenvalue weighted by atomic mass is 79.9. The number of esters is 1. The third-order valence-electron chi connectivity index (χ3n) is 1.70. The number of benzene rings is 1. The number of ether oxygens (including phenoxy) is 1. The van der Waals surface area contributed by atoms with Crippen LogP contribution in [0.2, 0.25) is 0 Å². The summed E-state index contributed by atoms with van der Waals surface area (Å²) in [5.74, 6) is -0.597. The summed E-state index contributed by atoms with van der Waals surface area (Å²) in [7, 11) is -0.459. The van der Waals surface area contributed by atoms with E-state index in [0.717, 1.165) is 0 Å². The second-order valence-corrected chi connectivity index (χ2v) is 3.51. The smallest absolute Gasteiger partial charge is 0.465 e. The average Bonchev–Trinajstić information content (AvgIpc) is 2.16. The Labute approximate surface area is 89.8 Å². The average molecular weight is 259 g/mol. The quantitative estimate of drug-likeness (QED) is 0.575. The van der Waals surface area contributed by atoms with E-state index >= 15 is 0 Å². The normalized spacial score (nSPS) is 9.71. The fourth-order valence-corrected chi connectivity index (χ4v) is 1.42. The van der Waals surface area contributed by atoms with E-state index in [2.05, 4.69) is 20.7 Å². The molecule has 1 aromatic rings. The minimum atomic E-state index is -1.69. The standard InChI is InChI=1S/C8H8BBrO4/c1-14-8(11)6-3-2-5(10)4-7(6)9(12)13/h2-4,12-13H,1H3. The first-order chi connectivity index (χ1) is 6.56. The van der Waals surface area contributed by atoms with Gasteiger partial charge in [-0.15, -0.1) is 0 Å². The first-order valence-electron chi connectivity index (χ1n) is 3.80. The van der Waals surface area contributed by atoms with Crippen LogP contribution in [0.4, 0.5) is 0 Å². The molecule has 4 nitrogen and oxygen atoms in total. The lowest BCUT2D eigenvalue weighted by Crippen LogP contribution is -2.35. The van der Waals surface area contributed by atoms with Crippen LogP contribution in [-0.4, -0.2) is 30.2 Å². The van der Waals surface area contributed by atoms with Crippen molar-refractivity contribution >= 4 is 34.5 Å². The van der Waals surface area contributed by atoms with E-state index in [1.54, 1.807) is 6.07 Å². The first-order valence-corrected chi connectivity index (χ1v) is 4.59. The van der Waals surface area contributed by atoms with Gasteiger partial charge in [0.15, 0.2) is 0 Å². The van der Waals surface area contributed by atoms with Gasteiger partial charge < -0.3 is 14.8 Å². The second-order valence-electron chi connectivity index (χ2n) is 2.60. The fraction of sp³-hybridized carbons (Fsp3) is 0.125. The van der Waals surface area contributed by atoms with E-state index in [9.17, 15) is 4.79 Å². The molecule has 0 saturated carbocycles. The number of hydrogen-bond acceptors (Lipinski definition) is 4. The van der Waals surface area contributed by atoms with Crippen molar-refractivity contribution in [3.63, 3.8) is 0 Å². The van der Waals surface area contributed by atoms with Crippen LogP contribution in [0.3, 0.4) is 0 Å². The SMILES string of the molecule is COC(=O)c1ccc(Br)cc1B(O)O. The molecule has 6 heteroatoms. The molecular formula is C8H8BBrO4. The highest BCUT2D eigenvalue weighted by Crippen LogP contribution is 2.10. The molecule has 74 valence electrons. The molecule has 0 unspecified atom stereocenters. The van der Waals surface area contributed by atoms with Crippen molar-refractivity contribution in [2.24, 2.45) is 0 Å². The Kier molecular flexibility index (Phi) is 3.68. The van der Waals surface area contributed by atoms with Gasteiger partial charge in [0.05, 0.1) is 12.7 Å². The maximum atomic E-state index is 11.2. The summed E-state index contributed by atoms with van der Waals surface area (Å²) in [4.78, 5) is 11.2. The van der Waals surface area contributed by atoms with Crippen LogP contribution in [0.25, 0.3) is 0 Å². The van der Waals surface area contributed by atoms with Crippen molar-refractivity contribution in [2.45, 2.75) is 0 Å². The molecule has 0 saturated heterocycles. The van der Waals surface area contributed by atoms with Crippen LogP contribution in [0, 0.1) is 0 Å². The van der Waals surface area contributed by atoms with Gasteiger partial charge in [0.2, 0.25) is 0 Å². The number of methoxy groups -OCH3 is 1. The molecular weight excluding hydrogens is 251 g/mol. The molecule has 0 aliphatic rings.